The Balaban J connectivity index is 1.95. The molecule has 0 saturated carbocycles. The van der Waals surface area contributed by atoms with E-state index in [9.17, 15) is 4.79 Å². The van der Waals surface area contributed by atoms with Gasteiger partial charge in [0.05, 0.1) is 12.7 Å². The standard InChI is InChI=1S/C13H12N2O3/c1-17-12-4-2-10(3-5-12)9-18-13-14-6-11(8-16)7-15-13/h2-8H,9H2,1H3. The highest BCUT2D eigenvalue weighted by atomic mass is 16.5. The van der Waals surface area contributed by atoms with Gasteiger partial charge in [0.1, 0.15) is 12.4 Å². The second kappa shape index (κ2) is 5.77. The van der Waals surface area contributed by atoms with E-state index in [0.717, 1.165) is 11.3 Å². The van der Waals surface area contributed by atoms with Crippen molar-refractivity contribution in [1.82, 2.24) is 9.97 Å². The fourth-order valence-corrected chi connectivity index (χ4v) is 1.33. The molecule has 0 spiro atoms. The van der Waals surface area contributed by atoms with E-state index in [1.165, 1.54) is 12.4 Å². The van der Waals surface area contributed by atoms with Crippen LogP contribution in [0.15, 0.2) is 36.7 Å². The van der Waals surface area contributed by atoms with E-state index in [2.05, 4.69) is 9.97 Å². The van der Waals surface area contributed by atoms with Crippen LogP contribution in [0.5, 0.6) is 11.8 Å². The quantitative estimate of drug-likeness (QED) is 0.751. The molecule has 92 valence electrons. The van der Waals surface area contributed by atoms with Crippen LogP contribution in [-0.4, -0.2) is 23.4 Å². The van der Waals surface area contributed by atoms with E-state index >= 15 is 0 Å². The Hall–Kier alpha value is -2.43. The molecule has 1 aromatic carbocycles. The summed E-state index contributed by atoms with van der Waals surface area (Å²) in [6.45, 7) is 0.366. The van der Waals surface area contributed by atoms with Crippen molar-refractivity contribution in [2.75, 3.05) is 7.11 Å². The summed E-state index contributed by atoms with van der Waals surface area (Å²) >= 11 is 0. The Morgan fingerprint density at radius 1 is 1.17 bits per heavy atom. The minimum absolute atomic E-state index is 0.247. The van der Waals surface area contributed by atoms with Gasteiger partial charge >= 0.3 is 6.01 Å². The van der Waals surface area contributed by atoms with Gasteiger partial charge in [0.15, 0.2) is 6.29 Å². The van der Waals surface area contributed by atoms with E-state index in [1.807, 2.05) is 24.3 Å². The molecule has 0 atom stereocenters. The van der Waals surface area contributed by atoms with Crippen LogP contribution >= 0.6 is 0 Å². The largest absolute Gasteiger partial charge is 0.497 e. The number of benzene rings is 1. The molecule has 0 aliphatic heterocycles. The van der Waals surface area contributed by atoms with Gasteiger partial charge in [-0.25, -0.2) is 9.97 Å². The van der Waals surface area contributed by atoms with Crippen molar-refractivity contribution in [2.24, 2.45) is 0 Å². The molecule has 0 N–H and O–H groups in total. The summed E-state index contributed by atoms with van der Waals surface area (Å²) in [5, 5.41) is 0. The molecule has 0 aliphatic carbocycles. The molecule has 0 saturated heterocycles. The lowest BCUT2D eigenvalue weighted by molar-refractivity contribution is 0.112. The van der Waals surface area contributed by atoms with Crippen molar-refractivity contribution in [3.63, 3.8) is 0 Å². The molecule has 0 radical (unpaired) electrons. The van der Waals surface area contributed by atoms with Gasteiger partial charge < -0.3 is 9.47 Å². The zero-order chi connectivity index (χ0) is 12.8. The number of hydrogen-bond donors (Lipinski definition) is 0. The number of carbonyl (C=O) groups excluding carboxylic acids is 1. The smallest absolute Gasteiger partial charge is 0.316 e. The summed E-state index contributed by atoms with van der Waals surface area (Å²) in [5.74, 6) is 0.797. The Morgan fingerprint density at radius 2 is 1.83 bits per heavy atom. The number of rotatable bonds is 5. The monoisotopic (exact) mass is 244 g/mol. The zero-order valence-electron chi connectivity index (χ0n) is 9.87. The van der Waals surface area contributed by atoms with Gasteiger partial charge in [0.25, 0.3) is 0 Å². The van der Waals surface area contributed by atoms with Gasteiger partial charge in [-0.15, -0.1) is 0 Å². The summed E-state index contributed by atoms with van der Waals surface area (Å²) in [7, 11) is 1.62. The molecule has 0 unspecified atom stereocenters. The van der Waals surface area contributed by atoms with Crippen LogP contribution in [0.25, 0.3) is 0 Å². The lowest BCUT2D eigenvalue weighted by Crippen LogP contribution is -1.99. The number of ether oxygens (including phenoxy) is 2. The van der Waals surface area contributed by atoms with Crippen LogP contribution < -0.4 is 9.47 Å². The summed E-state index contributed by atoms with van der Waals surface area (Å²) in [6, 6.07) is 7.76. The minimum Gasteiger partial charge on any atom is -0.497 e. The maximum Gasteiger partial charge on any atom is 0.316 e. The van der Waals surface area contributed by atoms with Gasteiger partial charge in [0, 0.05) is 12.4 Å². The Morgan fingerprint density at radius 3 is 2.39 bits per heavy atom. The van der Waals surface area contributed by atoms with Crippen LogP contribution in [0.1, 0.15) is 15.9 Å². The van der Waals surface area contributed by atoms with E-state index < -0.39 is 0 Å². The molecule has 0 aliphatic rings. The van der Waals surface area contributed by atoms with Crippen molar-refractivity contribution >= 4 is 6.29 Å². The van der Waals surface area contributed by atoms with Gasteiger partial charge in [0.2, 0.25) is 0 Å². The van der Waals surface area contributed by atoms with Crippen LogP contribution in [0.3, 0.4) is 0 Å². The predicted octanol–water partition coefficient (Wildman–Crippen LogP) is 1.88. The fraction of sp³-hybridized carbons (Fsp3) is 0.154. The number of hydrogen-bond acceptors (Lipinski definition) is 5. The molecule has 0 bridgehead atoms. The molecular formula is C13H12N2O3. The average Bonchev–Trinajstić information content (AvgIpc) is 2.46. The molecule has 5 heteroatoms. The molecule has 1 heterocycles. The first kappa shape index (κ1) is 12.0. The first-order valence-corrected chi connectivity index (χ1v) is 5.35. The molecule has 2 aromatic rings. The van der Waals surface area contributed by atoms with Gasteiger partial charge in [-0.1, -0.05) is 12.1 Å². The lowest BCUT2D eigenvalue weighted by Gasteiger charge is -2.05. The van der Waals surface area contributed by atoms with Crippen molar-refractivity contribution < 1.29 is 14.3 Å². The number of aromatic nitrogens is 2. The number of carbonyl (C=O) groups is 1. The topological polar surface area (TPSA) is 61.3 Å². The first-order valence-electron chi connectivity index (χ1n) is 5.35. The van der Waals surface area contributed by atoms with Gasteiger partial charge in [-0.05, 0) is 17.7 Å². The Kier molecular flexibility index (Phi) is 3.86. The predicted molar refractivity (Wildman–Crippen MR) is 64.7 cm³/mol. The third-order valence-electron chi connectivity index (χ3n) is 2.31. The molecule has 1 aromatic heterocycles. The summed E-state index contributed by atoms with van der Waals surface area (Å²) < 4.78 is 10.4. The van der Waals surface area contributed by atoms with E-state index in [-0.39, 0.29) is 6.01 Å². The molecule has 5 nitrogen and oxygen atoms in total. The second-order valence-corrected chi connectivity index (χ2v) is 3.55. The third-order valence-corrected chi connectivity index (χ3v) is 2.31. The zero-order valence-corrected chi connectivity index (χ0v) is 9.87. The summed E-state index contributed by atoms with van der Waals surface area (Å²) in [6.07, 6.45) is 3.53. The van der Waals surface area contributed by atoms with Crippen LogP contribution in [-0.2, 0) is 6.61 Å². The van der Waals surface area contributed by atoms with E-state index in [1.54, 1.807) is 7.11 Å². The van der Waals surface area contributed by atoms with Crippen molar-refractivity contribution in [2.45, 2.75) is 6.61 Å². The van der Waals surface area contributed by atoms with Crippen LogP contribution in [0, 0.1) is 0 Å². The lowest BCUT2D eigenvalue weighted by atomic mass is 10.2. The van der Waals surface area contributed by atoms with Gasteiger partial charge in [-0.2, -0.15) is 0 Å². The maximum atomic E-state index is 10.4. The fourth-order valence-electron chi connectivity index (χ4n) is 1.33. The second-order valence-electron chi connectivity index (χ2n) is 3.55. The first-order chi connectivity index (χ1) is 8.81. The Labute approximate surface area is 104 Å². The molecule has 0 amide bonds. The van der Waals surface area contributed by atoms with Crippen molar-refractivity contribution in [3.05, 3.63) is 47.8 Å². The van der Waals surface area contributed by atoms with E-state index in [4.69, 9.17) is 9.47 Å². The maximum absolute atomic E-state index is 10.4. The summed E-state index contributed by atoms with van der Waals surface area (Å²) in [4.78, 5) is 18.2. The highest BCUT2D eigenvalue weighted by molar-refractivity contribution is 5.73. The SMILES string of the molecule is COc1ccc(COc2ncc(C=O)cn2)cc1. The Bertz CT molecular complexity index is 509. The summed E-state index contributed by atoms with van der Waals surface area (Å²) in [5.41, 5.74) is 1.41. The number of aldehydes is 1. The van der Waals surface area contributed by atoms with E-state index in [0.29, 0.717) is 18.5 Å². The van der Waals surface area contributed by atoms with Crippen LogP contribution in [0.4, 0.5) is 0 Å². The average molecular weight is 244 g/mol. The third kappa shape index (κ3) is 3.04. The molecular weight excluding hydrogens is 232 g/mol. The van der Waals surface area contributed by atoms with Crippen molar-refractivity contribution in [1.29, 1.82) is 0 Å². The number of methoxy groups -OCH3 is 1. The molecule has 18 heavy (non-hydrogen) atoms. The highest BCUT2D eigenvalue weighted by Crippen LogP contribution is 2.12. The molecule has 0 fully saturated rings. The normalized spacial score (nSPS) is 9.83. The minimum atomic E-state index is 0.247. The van der Waals surface area contributed by atoms with Gasteiger partial charge in [-0.3, -0.25) is 4.79 Å². The van der Waals surface area contributed by atoms with Crippen LogP contribution in [0.2, 0.25) is 0 Å². The van der Waals surface area contributed by atoms with Crippen molar-refractivity contribution in [3.8, 4) is 11.8 Å². The molecule has 2 rings (SSSR count). The highest BCUT2D eigenvalue weighted by Gasteiger charge is 2.00. The number of nitrogens with zero attached hydrogens (tertiary/aromatic N) is 2.